The van der Waals surface area contributed by atoms with E-state index in [0.717, 1.165) is 17.9 Å². The summed E-state index contributed by atoms with van der Waals surface area (Å²) in [7, 11) is 0. The summed E-state index contributed by atoms with van der Waals surface area (Å²) in [6.07, 6.45) is 1.16. The topological polar surface area (TPSA) is 12.0 Å². The van der Waals surface area contributed by atoms with Gasteiger partial charge in [-0.2, -0.15) is 11.8 Å². The van der Waals surface area contributed by atoms with E-state index in [0.29, 0.717) is 6.04 Å². The first-order valence-electron chi connectivity index (χ1n) is 5.89. The van der Waals surface area contributed by atoms with Crippen molar-refractivity contribution >= 4 is 40.7 Å². The SMILES string of the molecule is CC1(C)CCSCC1Nc1cc(Cl)c(F)c(Cl)c1. The summed E-state index contributed by atoms with van der Waals surface area (Å²) in [6, 6.07) is 3.53. The third kappa shape index (κ3) is 3.06. The van der Waals surface area contributed by atoms with Crippen LogP contribution in [0.15, 0.2) is 12.1 Å². The number of anilines is 1. The molecule has 0 bridgehead atoms. The van der Waals surface area contributed by atoms with Crippen molar-refractivity contribution in [2.75, 3.05) is 16.8 Å². The van der Waals surface area contributed by atoms with E-state index in [1.54, 1.807) is 12.1 Å². The maximum Gasteiger partial charge on any atom is 0.160 e. The lowest BCUT2D eigenvalue weighted by Gasteiger charge is -2.39. The van der Waals surface area contributed by atoms with Gasteiger partial charge in [-0.1, -0.05) is 37.0 Å². The molecule has 5 heteroatoms. The molecule has 1 fully saturated rings. The van der Waals surface area contributed by atoms with E-state index >= 15 is 0 Å². The van der Waals surface area contributed by atoms with Crippen LogP contribution >= 0.6 is 35.0 Å². The lowest BCUT2D eigenvalue weighted by atomic mass is 9.82. The van der Waals surface area contributed by atoms with Gasteiger partial charge in [0, 0.05) is 17.5 Å². The minimum atomic E-state index is -0.554. The molecule has 1 aromatic rings. The van der Waals surface area contributed by atoms with Gasteiger partial charge < -0.3 is 5.32 Å². The first-order valence-corrected chi connectivity index (χ1v) is 7.80. The van der Waals surface area contributed by atoms with Gasteiger partial charge in [-0.05, 0) is 29.7 Å². The average molecular weight is 308 g/mol. The largest absolute Gasteiger partial charge is 0.381 e. The molecule has 1 atom stereocenters. The number of thioether (sulfide) groups is 1. The van der Waals surface area contributed by atoms with Crippen LogP contribution in [0.1, 0.15) is 20.3 Å². The second-order valence-electron chi connectivity index (χ2n) is 5.26. The minimum Gasteiger partial charge on any atom is -0.381 e. The number of hydrogen-bond acceptors (Lipinski definition) is 2. The Balaban J connectivity index is 2.18. The molecule has 18 heavy (non-hydrogen) atoms. The quantitative estimate of drug-likeness (QED) is 0.765. The Morgan fingerprint density at radius 3 is 2.50 bits per heavy atom. The van der Waals surface area contributed by atoms with Crippen LogP contribution in [0, 0.1) is 11.2 Å². The summed E-state index contributed by atoms with van der Waals surface area (Å²) < 4.78 is 13.3. The first-order chi connectivity index (χ1) is 8.40. The number of hydrogen-bond donors (Lipinski definition) is 1. The highest BCUT2D eigenvalue weighted by Gasteiger charge is 2.32. The molecular weight excluding hydrogens is 292 g/mol. The van der Waals surface area contributed by atoms with E-state index in [1.165, 1.54) is 5.75 Å². The summed E-state index contributed by atoms with van der Waals surface area (Å²) in [5.41, 5.74) is 1.01. The molecule has 0 aromatic heterocycles. The molecule has 100 valence electrons. The maximum atomic E-state index is 13.3. The van der Waals surface area contributed by atoms with E-state index in [1.807, 2.05) is 11.8 Å². The van der Waals surface area contributed by atoms with E-state index < -0.39 is 5.82 Å². The number of benzene rings is 1. The van der Waals surface area contributed by atoms with Gasteiger partial charge in [0.25, 0.3) is 0 Å². The zero-order valence-electron chi connectivity index (χ0n) is 10.4. The molecule has 0 saturated carbocycles. The first kappa shape index (κ1) is 14.3. The lowest BCUT2D eigenvalue weighted by molar-refractivity contribution is 0.305. The second-order valence-corrected chi connectivity index (χ2v) is 7.23. The fourth-order valence-corrected chi connectivity index (χ4v) is 4.11. The molecule has 1 aliphatic heterocycles. The van der Waals surface area contributed by atoms with Crippen LogP contribution in [-0.2, 0) is 0 Å². The Kier molecular flexibility index (Phi) is 4.35. The van der Waals surface area contributed by atoms with Crippen LogP contribution in [0.5, 0.6) is 0 Å². The van der Waals surface area contributed by atoms with Gasteiger partial charge in [-0.3, -0.25) is 0 Å². The zero-order valence-corrected chi connectivity index (χ0v) is 12.7. The molecular formula is C13H16Cl2FNS. The molecule has 1 saturated heterocycles. The summed E-state index contributed by atoms with van der Waals surface area (Å²) >= 11 is 13.5. The molecule has 1 aromatic carbocycles. The standard InChI is InChI=1S/C13H16Cl2FNS/c1-13(2)3-4-18-7-11(13)17-8-5-9(14)12(16)10(15)6-8/h5-6,11,17H,3-4,7H2,1-2H3. The van der Waals surface area contributed by atoms with Crippen molar-refractivity contribution < 1.29 is 4.39 Å². The molecule has 1 N–H and O–H groups in total. The van der Waals surface area contributed by atoms with Crippen LogP contribution < -0.4 is 5.32 Å². The van der Waals surface area contributed by atoms with Gasteiger partial charge in [-0.15, -0.1) is 0 Å². The Morgan fingerprint density at radius 1 is 1.33 bits per heavy atom. The van der Waals surface area contributed by atoms with E-state index in [2.05, 4.69) is 19.2 Å². The van der Waals surface area contributed by atoms with Crippen molar-refractivity contribution in [2.45, 2.75) is 26.3 Å². The number of halogens is 3. The van der Waals surface area contributed by atoms with Crippen LogP contribution in [0.4, 0.5) is 10.1 Å². The lowest BCUT2D eigenvalue weighted by Crippen LogP contribution is -2.41. The van der Waals surface area contributed by atoms with Gasteiger partial charge >= 0.3 is 0 Å². The minimum absolute atomic E-state index is 0.0614. The van der Waals surface area contributed by atoms with Crippen molar-refractivity contribution in [1.82, 2.24) is 0 Å². The zero-order chi connectivity index (χ0) is 13.3. The van der Waals surface area contributed by atoms with Gasteiger partial charge in [0.15, 0.2) is 5.82 Å². The summed E-state index contributed by atoms with van der Waals surface area (Å²) in [4.78, 5) is 0. The predicted molar refractivity (Wildman–Crippen MR) is 79.6 cm³/mol. The average Bonchev–Trinajstić information content (AvgIpc) is 2.28. The highest BCUT2D eigenvalue weighted by Crippen LogP contribution is 2.37. The van der Waals surface area contributed by atoms with Crippen LogP contribution in [0.25, 0.3) is 0 Å². The Hall–Kier alpha value is -0.120. The predicted octanol–water partition coefficient (Wildman–Crippen LogP) is 5.08. The van der Waals surface area contributed by atoms with Gasteiger partial charge in [0.1, 0.15) is 0 Å². The molecule has 0 aliphatic carbocycles. The van der Waals surface area contributed by atoms with Crippen molar-refractivity contribution in [3.8, 4) is 0 Å². The van der Waals surface area contributed by atoms with E-state index in [9.17, 15) is 4.39 Å². The van der Waals surface area contributed by atoms with Gasteiger partial charge in [0.05, 0.1) is 10.0 Å². The normalized spacial score (nSPS) is 22.8. The van der Waals surface area contributed by atoms with Crippen LogP contribution in [0.3, 0.4) is 0 Å². The van der Waals surface area contributed by atoms with E-state index in [4.69, 9.17) is 23.2 Å². The highest BCUT2D eigenvalue weighted by atomic mass is 35.5. The van der Waals surface area contributed by atoms with E-state index in [-0.39, 0.29) is 15.5 Å². The maximum absolute atomic E-state index is 13.3. The second kappa shape index (κ2) is 5.48. The molecule has 2 rings (SSSR count). The van der Waals surface area contributed by atoms with Crippen molar-refractivity contribution in [1.29, 1.82) is 0 Å². The van der Waals surface area contributed by atoms with Crippen LogP contribution in [0.2, 0.25) is 10.0 Å². The molecule has 1 heterocycles. The fourth-order valence-electron chi connectivity index (χ4n) is 2.01. The summed E-state index contributed by atoms with van der Waals surface area (Å²) in [5.74, 6) is 1.68. The molecule has 1 nitrogen and oxygen atoms in total. The molecule has 0 spiro atoms. The Bertz CT molecular complexity index is 428. The summed E-state index contributed by atoms with van der Waals surface area (Å²) in [6.45, 7) is 4.49. The molecule has 1 unspecified atom stereocenters. The monoisotopic (exact) mass is 307 g/mol. The van der Waals surface area contributed by atoms with Gasteiger partial charge in [0.2, 0.25) is 0 Å². The van der Waals surface area contributed by atoms with Crippen LogP contribution in [-0.4, -0.2) is 17.5 Å². The third-order valence-corrected chi connectivity index (χ3v) is 5.06. The van der Waals surface area contributed by atoms with Crippen molar-refractivity contribution in [3.05, 3.63) is 28.0 Å². The highest BCUT2D eigenvalue weighted by molar-refractivity contribution is 7.99. The third-order valence-electron chi connectivity index (χ3n) is 3.44. The molecule has 0 radical (unpaired) electrons. The van der Waals surface area contributed by atoms with Crippen molar-refractivity contribution in [2.24, 2.45) is 5.41 Å². The number of rotatable bonds is 2. The number of nitrogens with one attached hydrogen (secondary N) is 1. The van der Waals surface area contributed by atoms with Gasteiger partial charge in [-0.25, -0.2) is 4.39 Å². The molecule has 0 amide bonds. The Morgan fingerprint density at radius 2 is 1.94 bits per heavy atom. The Labute approximate surface area is 121 Å². The van der Waals surface area contributed by atoms with Crippen molar-refractivity contribution in [3.63, 3.8) is 0 Å². The fraction of sp³-hybridized carbons (Fsp3) is 0.538. The molecule has 1 aliphatic rings. The summed E-state index contributed by atoms with van der Waals surface area (Å²) in [5, 5.41) is 3.55. The smallest absolute Gasteiger partial charge is 0.160 e.